The lowest BCUT2D eigenvalue weighted by Crippen LogP contribution is -2.30. The third-order valence-electron chi connectivity index (χ3n) is 6.73. The van der Waals surface area contributed by atoms with Crippen molar-refractivity contribution in [1.29, 1.82) is 5.26 Å². The van der Waals surface area contributed by atoms with Gasteiger partial charge in [-0.05, 0) is 82.1 Å². The Morgan fingerprint density at radius 3 is 2.29 bits per heavy atom. The van der Waals surface area contributed by atoms with E-state index in [1.54, 1.807) is 0 Å². The van der Waals surface area contributed by atoms with Gasteiger partial charge in [-0.1, -0.05) is 39.0 Å². The Morgan fingerprint density at radius 1 is 1.00 bits per heavy atom. The van der Waals surface area contributed by atoms with Crippen molar-refractivity contribution in [1.82, 2.24) is 0 Å². The monoisotopic (exact) mass is 391 g/mol. The highest BCUT2D eigenvalue weighted by Gasteiger charge is 2.30. The molecular formula is C24H38FNO2. The van der Waals surface area contributed by atoms with Crippen molar-refractivity contribution in [2.24, 2.45) is 17.8 Å². The number of halogens is 1. The Balaban J connectivity index is 1.58. The van der Waals surface area contributed by atoms with Crippen LogP contribution in [0.1, 0.15) is 103 Å². The molecule has 0 unspecified atom stereocenters. The Labute approximate surface area is 170 Å². The molecule has 0 radical (unpaired) electrons. The van der Waals surface area contributed by atoms with Crippen LogP contribution in [-0.2, 0) is 9.53 Å². The Bertz CT molecular complexity index is 523. The number of hydrogen-bond donors (Lipinski definition) is 0. The smallest absolute Gasteiger partial charge is 0.309 e. The van der Waals surface area contributed by atoms with Crippen LogP contribution >= 0.6 is 0 Å². The maximum Gasteiger partial charge on any atom is 0.309 e. The molecule has 3 nitrogen and oxygen atoms in total. The van der Waals surface area contributed by atoms with Crippen molar-refractivity contribution in [3.63, 3.8) is 0 Å². The highest BCUT2D eigenvalue weighted by atomic mass is 19.1. The molecule has 28 heavy (non-hydrogen) atoms. The van der Waals surface area contributed by atoms with Gasteiger partial charge in [-0.25, -0.2) is 0 Å². The number of carbonyl (C=O) groups excluding carboxylic acids is 1. The molecule has 0 bridgehead atoms. The predicted octanol–water partition coefficient (Wildman–Crippen LogP) is 7.02. The summed E-state index contributed by atoms with van der Waals surface area (Å²) in [5, 5.41) is 8.43. The van der Waals surface area contributed by atoms with Crippen LogP contribution in [0.15, 0.2) is 11.9 Å². The molecule has 2 saturated carbocycles. The van der Waals surface area contributed by atoms with Crippen LogP contribution in [0, 0.1) is 29.1 Å². The van der Waals surface area contributed by atoms with Gasteiger partial charge in [0.1, 0.15) is 12.2 Å². The molecule has 0 saturated heterocycles. The number of carbonyl (C=O) groups is 1. The van der Waals surface area contributed by atoms with Crippen LogP contribution in [0.2, 0.25) is 0 Å². The molecule has 0 amide bonds. The normalized spacial score (nSPS) is 28.5. The van der Waals surface area contributed by atoms with E-state index < -0.39 is 5.83 Å². The van der Waals surface area contributed by atoms with E-state index in [2.05, 4.69) is 6.92 Å². The molecule has 0 aromatic carbocycles. The fourth-order valence-electron chi connectivity index (χ4n) is 4.84. The van der Waals surface area contributed by atoms with E-state index in [0.29, 0.717) is 12.3 Å². The summed E-state index contributed by atoms with van der Waals surface area (Å²) in [4.78, 5) is 12.5. The van der Waals surface area contributed by atoms with Crippen LogP contribution in [0.25, 0.3) is 0 Å². The van der Waals surface area contributed by atoms with Crippen molar-refractivity contribution < 1.29 is 13.9 Å². The Hall–Kier alpha value is -1.37. The highest BCUT2D eigenvalue weighted by Crippen LogP contribution is 2.35. The number of rotatable bonds is 10. The number of unbranched alkanes of at least 4 members (excludes halogenated alkanes) is 3. The molecule has 158 valence electrons. The van der Waals surface area contributed by atoms with Crippen LogP contribution in [-0.4, -0.2) is 12.1 Å². The SMILES string of the molecule is CCCCCCC1CCC(C(=O)OC2CCC(CC/C=C(/F)C#N)CC2)CC1. The molecule has 2 aliphatic carbocycles. The summed E-state index contributed by atoms with van der Waals surface area (Å²) in [7, 11) is 0. The molecule has 2 aliphatic rings. The minimum Gasteiger partial charge on any atom is -0.462 e. The van der Waals surface area contributed by atoms with Gasteiger partial charge in [0.15, 0.2) is 5.83 Å². The molecule has 2 fully saturated rings. The summed E-state index contributed by atoms with van der Waals surface area (Å²) in [5.74, 6) is 0.839. The molecule has 2 rings (SSSR count). The molecule has 0 spiro atoms. The first kappa shape index (κ1) is 22.9. The first-order valence-electron chi connectivity index (χ1n) is 11.6. The number of ether oxygens (including phenoxy) is 1. The summed E-state index contributed by atoms with van der Waals surface area (Å²) in [6.45, 7) is 2.25. The zero-order chi connectivity index (χ0) is 20.2. The van der Waals surface area contributed by atoms with E-state index in [4.69, 9.17) is 10.00 Å². The summed E-state index contributed by atoms with van der Waals surface area (Å²) >= 11 is 0. The minimum absolute atomic E-state index is 0.0342. The molecule has 0 N–H and O–H groups in total. The summed E-state index contributed by atoms with van der Waals surface area (Å²) < 4.78 is 18.7. The fraction of sp³-hybridized carbons (Fsp3) is 0.833. The first-order valence-corrected chi connectivity index (χ1v) is 11.6. The number of hydrogen-bond acceptors (Lipinski definition) is 3. The standard InChI is InChI=1S/C24H38FNO2/c1-2-3-4-5-7-19-10-14-21(15-11-19)24(27)28-23-16-12-20(13-17-23)8-6-9-22(25)18-26/h9,19-21,23H,2-8,10-17H2,1H3/b22-9+. The Kier molecular flexibility index (Phi) is 10.6. The van der Waals surface area contributed by atoms with E-state index in [1.807, 2.05) is 0 Å². The number of nitriles is 1. The van der Waals surface area contributed by atoms with Crippen LogP contribution in [0.5, 0.6) is 0 Å². The summed E-state index contributed by atoms with van der Waals surface area (Å²) in [6.07, 6.45) is 17.9. The molecule has 0 atom stereocenters. The van der Waals surface area contributed by atoms with Crippen LogP contribution in [0.4, 0.5) is 4.39 Å². The second-order valence-electron chi connectivity index (χ2n) is 8.89. The topological polar surface area (TPSA) is 50.1 Å². The van der Waals surface area contributed by atoms with E-state index in [1.165, 1.54) is 57.1 Å². The second kappa shape index (κ2) is 13.0. The third-order valence-corrected chi connectivity index (χ3v) is 6.73. The lowest BCUT2D eigenvalue weighted by Gasteiger charge is -2.31. The van der Waals surface area contributed by atoms with Crippen molar-refractivity contribution >= 4 is 5.97 Å². The van der Waals surface area contributed by atoms with Gasteiger partial charge in [0.05, 0.1) is 5.92 Å². The van der Waals surface area contributed by atoms with E-state index in [0.717, 1.165) is 50.9 Å². The quantitative estimate of drug-likeness (QED) is 0.228. The molecule has 0 heterocycles. The number of allylic oxidation sites excluding steroid dienone is 2. The van der Waals surface area contributed by atoms with Crippen molar-refractivity contribution in [3.05, 3.63) is 11.9 Å². The third kappa shape index (κ3) is 8.33. The molecule has 0 aromatic rings. The lowest BCUT2D eigenvalue weighted by atomic mass is 9.79. The maximum atomic E-state index is 12.8. The summed E-state index contributed by atoms with van der Waals surface area (Å²) in [6, 6.07) is 1.52. The minimum atomic E-state index is -0.682. The first-order chi connectivity index (χ1) is 13.6. The van der Waals surface area contributed by atoms with Gasteiger partial charge in [0.25, 0.3) is 0 Å². The van der Waals surface area contributed by atoms with Gasteiger partial charge in [0, 0.05) is 0 Å². The average molecular weight is 392 g/mol. The lowest BCUT2D eigenvalue weighted by molar-refractivity contribution is -0.157. The van der Waals surface area contributed by atoms with Crippen molar-refractivity contribution in [3.8, 4) is 6.07 Å². The van der Waals surface area contributed by atoms with E-state index >= 15 is 0 Å². The zero-order valence-electron chi connectivity index (χ0n) is 17.6. The van der Waals surface area contributed by atoms with Crippen molar-refractivity contribution in [2.75, 3.05) is 0 Å². The Morgan fingerprint density at radius 2 is 1.64 bits per heavy atom. The number of nitrogens with zero attached hydrogens (tertiary/aromatic N) is 1. The van der Waals surface area contributed by atoms with Gasteiger partial charge in [0.2, 0.25) is 0 Å². The molecule has 0 aromatic heterocycles. The average Bonchev–Trinajstić information content (AvgIpc) is 2.72. The second-order valence-corrected chi connectivity index (χ2v) is 8.89. The van der Waals surface area contributed by atoms with Crippen LogP contribution < -0.4 is 0 Å². The predicted molar refractivity (Wildman–Crippen MR) is 110 cm³/mol. The van der Waals surface area contributed by atoms with Gasteiger partial charge in [-0.3, -0.25) is 4.79 Å². The summed E-state index contributed by atoms with van der Waals surface area (Å²) in [5.41, 5.74) is 0. The van der Waals surface area contributed by atoms with Gasteiger partial charge >= 0.3 is 5.97 Å². The largest absolute Gasteiger partial charge is 0.462 e. The van der Waals surface area contributed by atoms with Gasteiger partial charge < -0.3 is 4.74 Å². The van der Waals surface area contributed by atoms with Crippen LogP contribution in [0.3, 0.4) is 0 Å². The number of esters is 1. The van der Waals surface area contributed by atoms with E-state index in [9.17, 15) is 9.18 Å². The molecular weight excluding hydrogens is 353 g/mol. The molecule has 0 aliphatic heterocycles. The van der Waals surface area contributed by atoms with Gasteiger partial charge in [-0.2, -0.15) is 9.65 Å². The van der Waals surface area contributed by atoms with Crippen molar-refractivity contribution in [2.45, 2.75) is 109 Å². The molecule has 4 heteroatoms. The fourth-order valence-corrected chi connectivity index (χ4v) is 4.84. The van der Waals surface area contributed by atoms with E-state index in [-0.39, 0.29) is 18.0 Å². The highest BCUT2D eigenvalue weighted by molar-refractivity contribution is 5.72. The zero-order valence-corrected chi connectivity index (χ0v) is 17.6. The maximum absolute atomic E-state index is 12.8. The van der Waals surface area contributed by atoms with Gasteiger partial charge in [-0.15, -0.1) is 0 Å².